The van der Waals surface area contributed by atoms with Crippen molar-refractivity contribution in [1.82, 2.24) is 4.90 Å². The number of rotatable bonds is 3. The first-order valence-corrected chi connectivity index (χ1v) is 8.96. The highest BCUT2D eigenvalue weighted by molar-refractivity contribution is 6.32. The van der Waals surface area contributed by atoms with E-state index in [1.807, 2.05) is 20.8 Å². The van der Waals surface area contributed by atoms with E-state index in [1.165, 1.54) is 11.0 Å². The van der Waals surface area contributed by atoms with Crippen molar-refractivity contribution < 1.29 is 14.3 Å². The summed E-state index contributed by atoms with van der Waals surface area (Å²) in [6.07, 6.45) is 2.66. The Morgan fingerprint density at radius 2 is 2.04 bits per heavy atom. The molecular formula is C19H28BNO3. The van der Waals surface area contributed by atoms with E-state index in [1.54, 1.807) is 0 Å². The third kappa shape index (κ3) is 3.77. The molecule has 0 unspecified atom stereocenters. The highest BCUT2D eigenvalue weighted by Crippen LogP contribution is 2.44. The molecule has 0 radical (unpaired) electrons. The second kappa shape index (κ2) is 6.43. The first-order valence-electron chi connectivity index (χ1n) is 8.96. The Kier molecular flexibility index (Phi) is 4.65. The van der Waals surface area contributed by atoms with Crippen molar-refractivity contribution in [3.8, 4) is 5.75 Å². The lowest BCUT2D eigenvalue weighted by Crippen LogP contribution is -2.44. The predicted molar refractivity (Wildman–Crippen MR) is 97.9 cm³/mol. The smallest absolute Gasteiger partial charge is 0.307 e. The summed E-state index contributed by atoms with van der Waals surface area (Å²) in [5.74, 6) is 0.963. The van der Waals surface area contributed by atoms with E-state index in [4.69, 9.17) is 9.47 Å². The van der Waals surface area contributed by atoms with Gasteiger partial charge in [-0.3, -0.25) is 4.79 Å². The molecule has 3 rings (SSSR count). The molecule has 1 saturated heterocycles. The van der Waals surface area contributed by atoms with Gasteiger partial charge in [0.25, 0.3) is 0 Å². The lowest BCUT2D eigenvalue weighted by atomic mass is 9.74. The molecule has 24 heavy (non-hydrogen) atoms. The summed E-state index contributed by atoms with van der Waals surface area (Å²) in [7, 11) is 2.11. The third-order valence-corrected chi connectivity index (χ3v) is 5.08. The van der Waals surface area contributed by atoms with Gasteiger partial charge in [-0.15, -0.1) is 0 Å². The molecule has 0 atom stereocenters. The number of ether oxygens (including phenoxy) is 2. The van der Waals surface area contributed by atoms with Gasteiger partial charge >= 0.3 is 5.97 Å². The fraction of sp³-hybridized carbons (Fsp3) is 0.632. The van der Waals surface area contributed by atoms with Crippen molar-refractivity contribution in [2.75, 3.05) is 26.2 Å². The maximum absolute atomic E-state index is 11.9. The van der Waals surface area contributed by atoms with E-state index < -0.39 is 5.60 Å². The number of carbonyl (C=O) groups is 1. The Balaban J connectivity index is 1.53. The fourth-order valence-electron chi connectivity index (χ4n) is 3.74. The van der Waals surface area contributed by atoms with Gasteiger partial charge in [0, 0.05) is 17.5 Å². The molecule has 0 aromatic heterocycles. The van der Waals surface area contributed by atoms with Gasteiger partial charge in [-0.25, -0.2) is 0 Å². The molecule has 0 saturated carbocycles. The first-order chi connectivity index (χ1) is 11.3. The normalized spacial score (nSPS) is 19.8. The average Bonchev–Trinajstić information content (AvgIpc) is 2.83. The van der Waals surface area contributed by atoms with Crippen LogP contribution in [0.4, 0.5) is 0 Å². The molecule has 4 nitrogen and oxygen atoms in total. The van der Waals surface area contributed by atoms with Gasteiger partial charge in [-0.1, -0.05) is 17.6 Å². The van der Waals surface area contributed by atoms with Crippen molar-refractivity contribution in [2.45, 2.75) is 51.0 Å². The molecule has 0 bridgehead atoms. The van der Waals surface area contributed by atoms with Crippen LogP contribution < -0.4 is 10.2 Å². The molecule has 2 aliphatic rings. The van der Waals surface area contributed by atoms with Gasteiger partial charge < -0.3 is 14.4 Å². The van der Waals surface area contributed by atoms with E-state index in [-0.39, 0.29) is 11.4 Å². The fourth-order valence-corrected chi connectivity index (χ4v) is 3.74. The number of benzene rings is 1. The first kappa shape index (κ1) is 17.3. The number of hydrogen-bond acceptors (Lipinski definition) is 4. The molecule has 2 heterocycles. The lowest BCUT2D eigenvalue weighted by molar-refractivity contribution is -0.155. The zero-order valence-electron chi connectivity index (χ0n) is 15.4. The number of likely N-dealkylation sites (tertiary alicyclic amines) is 1. The molecule has 130 valence electrons. The third-order valence-electron chi connectivity index (χ3n) is 5.08. The predicted octanol–water partition coefficient (Wildman–Crippen LogP) is 1.40. The molecule has 1 spiro atoms. The molecule has 0 amide bonds. The molecule has 1 aromatic carbocycles. The maximum atomic E-state index is 11.9. The monoisotopic (exact) mass is 329 g/mol. The Hall–Kier alpha value is -1.49. The molecule has 5 heteroatoms. The molecule has 2 aliphatic heterocycles. The molecule has 1 aromatic rings. The number of carbonyl (C=O) groups excluding carboxylic acids is 1. The highest BCUT2D eigenvalue weighted by Gasteiger charge is 2.42. The van der Waals surface area contributed by atoms with E-state index in [0.29, 0.717) is 6.42 Å². The number of hydrogen-bond donors (Lipinski definition) is 0. The molecule has 0 aliphatic carbocycles. The van der Waals surface area contributed by atoms with Gasteiger partial charge in [0.15, 0.2) is 0 Å². The minimum atomic E-state index is -0.397. The van der Waals surface area contributed by atoms with Crippen molar-refractivity contribution >= 4 is 19.3 Å². The van der Waals surface area contributed by atoms with E-state index in [2.05, 4.69) is 30.9 Å². The van der Waals surface area contributed by atoms with Crippen LogP contribution in [-0.2, 0) is 14.9 Å². The topological polar surface area (TPSA) is 38.8 Å². The summed E-state index contributed by atoms with van der Waals surface area (Å²) in [5.41, 5.74) is 2.40. The van der Waals surface area contributed by atoms with E-state index >= 15 is 0 Å². The van der Waals surface area contributed by atoms with Crippen molar-refractivity contribution in [2.24, 2.45) is 0 Å². The Morgan fingerprint density at radius 1 is 1.33 bits per heavy atom. The number of piperidine rings is 1. The minimum Gasteiger partial charge on any atom is -0.492 e. The van der Waals surface area contributed by atoms with Crippen LogP contribution in [0.1, 0.15) is 45.6 Å². The molecular weight excluding hydrogens is 301 g/mol. The summed E-state index contributed by atoms with van der Waals surface area (Å²) < 4.78 is 11.4. The minimum absolute atomic E-state index is 0.104. The zero-order valence-corrected chi connectivity index (χ0v) is 15.4. The van der Waals surface area contributed by atoms with Crippen LogP contribution in [0.2, 0.25) is 0 Å². The lowest BCUT2D eigenvalue weighted by Gasteiger charge is -2.38. The van der Waals surface area contributed by atoms with E-state index in [9.17, 15) is 4.79 Å². The van der Waals surface area contributed by atoms with Crippen LogP contribution in [-0.4, -0.2) is 50.6 Å². The van der Waals surface area contributed by atoms with Crippen LogP contribution in [0.3, 0.4) is 0 Å². The van der Waals surface area contributed by atoms with Crippen molar-refractivity contribution in [1.29, 1.82) is 0 Å². The van der Waals surface area contributed by atoms with Gasteiger partial charge in [-0.05, 0) is 52.8 Å². The zero-order chi connectivity index (χ0) is 17.4. The highest BCUT2D eigenvalue weighted by atomic mass is 16.6. The molecule has 0 N–H and O–H groups in total. The van der Waals surface area contributed by atoms with E-state index in [0.717, 1.165) is 44.8 Å². The second-order valence-electron chi connectivity index (χ2n) is 8.25. The van der Waals surface area contributed by atoms with Gasteiger partial charge in [0.1, 0.15) is 19.2 Å². The second-order valence-corrected chi connectivity index (χ2v) is 8.25. The summed E-state index contributed by atoms with van der Waals surface area (Å²) in [6, 6.07) is 6.58. The maximum Gasteiger partial charge on any atom is 0.307 e. The quantitative estimate of drug-likeness (QED) is 0.621. The van der Waals surface area contributed by atoms with Crippen LogP contribution in [0.25, 0.3) is 0 Å². The summed E-state index contributed by atoms with van der Waals surface area (Å²) >= 11 is 0. The van der Waals surface area contributed by atoms with Crippen molar-refractivity contribution in [3.63, 3.8) is 0 Å². The standard InChI is InChI=1S/C19H28BNO3/c1-18(2,3)24-17(22)6-9-21-10-7-19(8-11-21)13-23-16-12-14(20)4-5-15(16)19/h4-5,12H,6-11,13,20H2,1-3H3. The van der Waals surface area contributed by atoms with Crippen LogP contribution in [0.5, 0.6) is 5.75 Å². The molecule has 1 fully saturated rings. The largest absolute Gasteiger partial charge is 0.492 e. The average molecular weight is 329 g/mol. The van der Waals surface area contributed by atoms with Gasteiger partial charge in [0.2, 0.25) is 0 Å². The summed E-state index contributed by atoms with van der Waals surface area (Å²) in [6.45, 7) is 9.34. The van der Waals surface area contributed by atoms with Crippen molar-refractivity contribution in [3.05, 3.63) is 23.8 Å². The van der Waals surface area contributed by atoms with Crippen LogP contribution in [0.15, 0.2) is 18.2 Å². The Labute approximate surface area is 145 Å². The Morgan fingerprint density at radius 3 is 2.71 bits per heavy atom. The number of fused-ring (bicyclic) bond motifs is 2. The Bertz CT molecular complexity index is 616. The summed E-state index contributed by atoms with van der Waals surface area (Å²) in [4.78, 5) is 14.3. The SMILES string of the molecule is Bc1ccc2c(c1)OCC21CCN(CCC(=O)OC(C)(C)C)CC1. The van der Waals surface area contributed by atoms with Gasteiger partial charge in [-0.2, -0.15) is 0 Å². The summed E-state index contributed by atoms with van der Waals surface area (Å²) in [5, 5.41) is 0. The number of nitrogens with zero attached hydrogens (tertiary/aromatic N) is 1. The van der Waals surface area contributed by atoms with Crippen LogP contribution in [0, 0.1) is 0 Å². The van der Waals surface area contributed by atoms with Gasteiger partial charge in [0.05, 0.1) is 13.0 Å². The number of esters is 1. The van der Waals surface area contributed by atoms with Crippen LogP contribution >= 0.6 is 0 Å².